The van der Waals surface area contributed by atoms with Crippen molar-refractivity contribution in [3.05, 3.63) is 47.7 Å². The van der Waals surface area contributed by atoms with E-state index in [1.807, 2.05) is 6.07 Å². The Morgan fingerprint density at radius 3 is 2.56 bits per heavy atom. The predicted molar refractivity (Wildman–Crippen MR) is 97.5 cm³/mol. The molecule has 2 aromatic rings. The molecular weight excluding hydrogens is 370 g/mol. The van der Waals surface area contributed by atoms with Crippen molar-refractivity contribution in [2.45, 2.75) is 30.9 Å². The van der Waals surface area contributed by atoms with Gasteiger partial charge in [-0.1, -0.05) is 30.3 Å². The molecule has 146 valence electrons. The second-order valence-electron chi connectivity index (χ2n) is 7.01. The molecule has 2 atom stereocenters. The van der Waals surface area contributed by atoms with Gasteiger partial charge in [-0.15, -0.1) is 0 Å². The maximum Gasteiger partial charge on any atom is 0.313 e. The first-order valence-electron chi connectivity index (χ1n) is 8.63. The van der Waals surface area contributed by atoms with Crippen LogP contribution in [0.25, 0.3) is 0 Å². The highest BCUT2D eigenvalue weighted by molar-refractivity contribution is 7.89. The number of aliphatic hydroxyl groups is 1. The van der Waals surface area contributed by atoms with Crippen molar-refractivity contribution in [2.24, 2.45) is 12.5 Å². The topological polar surface area (TPSA) is 113 Å². The van der Waals surface area contributed by atoms with E-state index in [-0.39, 0.29) is 31.0 Å². The van der Waals surface area contributed by atoms with Gasteiger partial charge in [0.25, 0.3) is 10.0 Å². The zero-order valence-electron chi connectivity index (χ0n) is 15.2. The van der Waals surface area contributed by atoms with Gasteiger partial charge in [-0.3, -0.25) is 9.48 Å². The molecule has 0 radical (unpaired) electrons. The van der Waals surface area contributed by atoms with Gasteiger partial charge in [0, 0.05) is 20.1 Å². The van der Waals surface area contributed by atoms with Crippen LogP contribution < -0.4 is 0 Å². The number of hydrogen-bond acceptors (Lipinski definition) is 5. The second-order valence-corrected chi connectivity index (χ2v) is 8.90. The van der Waals surface area contributed by atoms with Gasteiger partial charge < -0.3 is 10.2 Å². The summed E-state index contributed by atoms with van der Waals surface area (Å²) in [4.78, 5) is 12.2. The van der Waals surface area contributed by atoms with E-state index in [0.717, 1.165) is 9.87 Å². The van der Waals surface area contributed by atoms with Crippen molar-refractivity contribution in [1.29, 1.82) is 0 Å². The van der Waals surface area contributed by atoms with E-state index in [4.69, 9.17) is 0 Å². The zero-order chi connectivity index (χ0) is 19.8. The molecule has 2 N–H and O–H groups in total. The molecule has 0 saturated carbocycles. The van der Waals surface area contributed by atoms with Crippen LogP contribution in [0.4, 0.5) is 0 Å². The van der Waals surface area contributed by atoms with E-state index in [1.165, 1.54) is 17.8 Å². The molecule has 1 aliphatic heterocycles. The zero-order valence-corrected chi connectivity index (χ0v) is 16.1. The van der Waals surface area contributed by atoms with Crippen molar-refractivity contribution >= 4 is 16.0 Å². The maximum atomic E-state index is 13.1. The number of nitrogens with zero attached hydrogens (tertiary/aromatic N) is 3. The molecular formula is C18H23N3O5S. The van der Waals surface area contributed by atoms with Crippen LogP contribution in [0.5, 0.6) is 0 Å². The summed E-state index contributed by atoms with van der Waals surface area (Å²) in [5, 5.41) is 24.6. The Morgan fingerprint density at radius 2 is 2.00 bits per heavy atom. The van der Waals surface area contributed by atoms with Gasteiger partial charge in [0.1, 0.15) is 5.41 Å². The Hall–Kier alpha value is -2.23. The molecule has 9 heteroatoms. The van der Waals surface area contributed by atoms with Gasteiger partial charge in [-0.25, -0.2) is 8.42 Å². The number of carbonyl (C=O) groups is 1. The monoisotopic (exact) mass is 393 g/mol. The molecule has 0 amide bonds. The molecule has 27 heavy (non-hydrogen) atoms. The minimum absolute atomic E-state index is 0.00962. The van der Waals surface area contributed by atoms with Crippen LogP contribution in [0.3, 0.4) is 0 Å². The molecule has 3 rings (SSSR count). The van der Waals surface area contributed by atoms with Gasteiger partial charge in [-0.2, -0.15) is 9.40 Å². The Balaban J connectivity index is 1.98. The Morgan fingerprint density at radius 1 is 1.33 bits per heavy atom. The fraction of sp³-hybridized carbons (Fsp3) is 0.444. The molecule has 1 aromatic heterocycles. The second kappa shape index (κ2) is 7.06. The first kappa shape index (κ1) is 19.5. The van der Waals surface area contributed by atoms with Crippen molar-refractivity contribution < 1.29 is 23.4 Å². The quantitative estimate of drug-likeness (QED) is 0.777. The Kier molecular flexibility index (Phi) is 5.11. The number of aryl methyl sites for hydroxylation is 2. The fourth-order valence-corrected chi connectivity index (χ4v) is 5.33. The van der Waals surface area contributed by atoms with E-state index >= 15 is 0 Å². The van der Waals surface area contributed by atoms with Gasteiger partial charge in [0.05, 0.1) is 11.8 Å². The highest BCUT2D eigenvalue weighted by atomic mass is 32.2. The molecule has 0 spiro atoms. The average molecular weight is 393 g/mol. The number of benzene rings is 1. The minimum atomic E-state index is -3.93. The van der Waals surface area contributed by atoms with Crippen molar-refractivity contribution in [3.8, 4) is 0 Å². The van der Waals surface area contributed by atoms with Crippen LogP contribution in [-0.4, -0.2) is 57.9 Å². The lowest BCUT2D eigenvalue weighted by Gasteiger charge is -2.42. The molecule has 1 fully saturated rings. The van der Waals surface area contributed by atoms with E-state index in [1.54, 1.807) is 31.2 Å². The average Bonchev–Trinajstić information content (AvgIpc) is 2.96. The van der Waals surface area contributed by atoms with E-state index in [9.17, 15) is 23.4 Å². The lowest BCUT2D eigenvalue weighted by molar-refractivity contribution is -0.160. The smallest absolute Gasteiger partial charge is 0.313 e. The lowest BCUT2D eigenvalue weighted by Crippen LogP contribution is -2.58. The highest BCUT2D eigenvalue weighted by Crippen LogP contribution is 2.37. The van der Waals surface area contributed by atoms with E-state index in [2.05, 4.69) is 5.10 Å². The lowest BCUT2D eigenvalue weighted by atomic mass is 9.73. The van der Waals surface area contributed by atoms with Crippen molar-refractivity contribution in [3.63, 3.8) is 0 Å². The molecule has 0 aliphatic carbocycles. The van der Waals surface area contributed by atoms with E-state index < -0.39 is 27.5 Å². The summed E-state index contributed by atoms with van der Waals surface area (Å²) in [7, 11) is -2.40. The third-order valence-corrected chi connectivity index (χ3v) is 7.00. The van der Waals surface area contributed by atoms with Crippen LogP contribution in [0, 0.1) is 12.3 Å². The number of aliphatic carboxylic acids is 1. The summed E-state index contributed by atoms with van der Waals surface area (Å²) in [5.41, 5.74) is -0.322. The third kappa shape index (κ3) is 3.50. The summed E-state index contributed by atoms with van der Waals surface area (Å²) < 4.78 is 28.6. The van der Waals surface area contributed by atoms with Gasteiger partial charge in [0.2, 0.25) is 0 Å². The summed E-state index contributed by atoms with van der Waals surface area (Å²) in [6.07, 6.45) is -1.05. The maximum absolute atomic E-state index is 13.1. The van der Waals surface area contributed by atoms with Crippen LogP contribution in [0.2, 0.25) is 0 Å². The minimum Gasteiger partial charge on any atom is -0.481 e. The van der Waals surface area contributed by atoms with Crippen molar-refractivity contribution in [2.75, 3.05) is 13.1 Å². The van der Waals surface area contributed by atoms with Crippen LogP contribution >= 0.6 is 0 Å². The van der Waals surface area contributed by atoms with Crippen LogP contribution in [0.15, 0.2) is 41.4 Å². The molecule has 1 aliphatic rings. The number of rotatable bonds is 5. The number of hydrogen-bond donors (Lipinski definition) is 2. The molecule has 0 bridgehead atoms. The number of carboxylic acids is 1. The Bertz CT molecular complexity index is 941. The number of sulfonamides is 1. The van der Waals surface area contributed by atoms with Gasteiger partial charge in [-0.05, 0) is 31.4 Å². The van der Waals surface area contributed by atoms with Gasteiger partial charge in [0.15, 0.2) is 5.03 Å². The Labute approximate surface area is 158 Å². The standard InChI is InChI=1S/C18H23N3O5S/c1-13-10-16(20(2)19-13)27(25,26)21-9-8-15(22)18(12-21,17(23)24)11-14-6-4-3-5-7-14/h3-7,10,15,22H,8-9,11-12H2,1-2H3,(H,23,24)/t15-,18+/m0/s1. The van der Waals surface area contributed by atoms with Gasteiger partial charge >= 0.3 is 5.97 Å². The summed E-state index contributed by atoms with van der Waals surface area (Å²) in [6, 6.07) is 10.4. The molecule has 8 nitrogen and oxygen atoms in total. The molecule has 0 unspecified atom stereocenters. The molecule has 2 heterocycles. The number of aliphatic hydroxyl groups excluding tert-OH is 1. The largest absolute Gasteiger partial charge is 0.481 e. The number of piperidine rings is 1. The third-order valence-electron chi connectivity index (χ3n) is 5.10. The summed E-state index contributed by atoms with van der Waals surface area (Å²) in [6.45, 7) is 1.44. The number of carboxylic acid groups (broad SMARTS) is 1. The van der Waals surface area contributed by atoms with Crippen LogP contribution in [0.1, 0.15) is 17.7 Å². The number of aromatic nitrogens is 2. The summed E-state index contributed by atoms with van der Waals surface area (Å²) in [5.74, 6) is -1.21. The first-order chi connectivity index (χ1) is 12.7. The molecule has 1 saturated heterocycles. The SMILES string of the molecule is Cc1cc(S(=O)(=O)N2CC[C@H](O)[C@](Cc3ccccc3)(C(=O)O)C2)n(C)n1. The molecule has 1 aromatic carbocycles. The summed E-state index contributed by atoms with van der Waals surface area (Å²) >= 11 is 0. The van der Waals surface area contributed by atoms with Crippen LogP contribution in [-0.2, 0) is 28.3 Å². The first-order valence-corrected chi connectivity index (χ1v) is 10.1. The highest BCUT2D eigenvalue weighted by Gasteiger charge is 2.51. The fourth-order valence-electron chi connectivity index (χ4n) is 3.63. The van der Waals surface area contributed by atoms with Crippen molar-refractivity contribution in [1.82, 2.24) is 14.1 Å². The van der Waals surface area contributed by atoms with E-state index in [0.29, 0.717) is 5.69 Å². The normalized spacial score (nSPS) is 24.0. The predicted octanol–water partition coefficient (Wildman–Crippen LogP) is 0.798.